The highest BCUT2D eigenvalue weighted by Crippen LogP contribution is 2.33. The summed E-state index contributed by atoms with van der Waals surface area (Å²) in [4.78, 5) is 22.6. The van der Waals surface area contributed by atoms with Crippen molar-refractivity contribution in [3.8, 4) is 0 Å². The van der Waals surface area contributed by atoms with Crippen LogP contribution in [0.5, 0.6) is 0 Å². The van der Waals surface area contributed by atoms with Gasteiger partial charge in [-0.15, -0.1) is 0 Å². The van der Waals surface area contributed by atoms with Gasteiger partial charge >= 0.3 is 5.97 Å². The van der Waals surface area contributed by atoms with Gasteiger partial charge in [-0.1, -0.05) is 19.4 Å². The van der Waals surface area contributed by atoms with Crippen LogP contribution in [0.15, 0.2) is 12.2 Å². The zero-order chi connectivity index (χ0) is 16.5. The molecule has 130 valence electrons. The van der Waals surface area contributed by atoms with Crippen LogP contribution in [0.1, 0.15) is 77.6 Å². The molecule has 0 N–H and O–H groups in total. The van der Waals surface area contributed by atoms with Crippen molar-refractivity contribution in [2.45, 2.75) is 83.7 Å². The zero-order valence-electron chi connectivity index (χ0n) is 14.5. The minimum Gasteiger partial charge on any atom is -0.462 e. The number of rotatable bonds is 7. The Labute approximate surface area is 140 Å². The van der Waals surface area contributed by atoms with Crippen LogP contribution in [0.2, 0.25) is 0 Å². The Morgan fingerprint density at radius 3 is 2.26 bits per heavy atom. The van der Waals surface area contributed by atoms with Gasteiger partial charge in [0.25, 0.3) is 0 Å². The van der Waals surface area contributed by atoms with E-state index < -0.39 is 0 Å². The summed E-state index contributed by atoms with van der Waals surface area (Å²) in [5.74, 6) is 1.77. The highest BCUT2D eigenvalue weighted by atomic mass is 16.5. The molecule has 0 heterocycles. The Kier molecular flexibility index (Phi) is 7.84. The van der Waals surface area contributed by atoms with Crippen LogP contribution < -0.4 is 0 Å². The third-order valence-corrected chi connectivity index (χ3v) is 5.79. The molecule has 0 bridgehead atoms. The molecule has 2 aliphatic carbocycles. The van der Waals surface area contributed by atoms with E-state index in [0.29, 0.717) is 0 Å². The first-order valence-electron chi connectivity index (χ1n) is 9.53. The average Bonchev–Trinajstić information content (AvgIpc) is 2.60. The van der Waals surface area contributed by atoms with Crippen molar-refractivity contribution in [2.24, 2.45) is 17.8 Å². The second-order valence-electron chi connectivity index (χ2n) is 7.35. The Morgan fingerprint density at radius 2 is 1.65 bits per heavy atom. The lowest BCUT2D eigenvalue weighted by Crippen LogP contribution is -2.30. The smallest absolute Gasteiger partial charge is 0.309 e. The van der Waals surface area contributed by atoms with Crippen molar-refractivity contribution < 1.29 is 14.3 Å². The van der Waals surface area contributed by atoms with Gasteiger partial charge in [0.1, 0.15) is 12.4 Å². The molecule has 23 heavy (non-hydrogen) atoms. The van der Waals surface area contributed by atoms with Gasteiger partial charge < -0.3 is 4.74 Å². The molecule has 2 aliphatic rings. The van der Waals surface area contributed by atoms with Crippen molar-refractivity contribution in [1.29, 1.82) is 0 Å². The minimum atomic E-state index is 0.0666. The predicted octanol–water partition coefficient (Wildman–Crippen LogP) is 4.84. The fourth-order valence-electron chi connectivity index (χ4n) is 4.09. The van der Waals surface area contributed by atoms with E-state index >= 15 is 0 Å². The SMILES string of the molecule is CCC1CCC(C(=O)OC2CCC(CCC=CC=O)CC2)CC1. The number of aldehydes is 1. The minimum absolute atomic E-state index is 0.0666. The Bertz CT molecular complexity index is 386. The maximum Gasteiger partial charge on any atom is 0.309 e. The first-order chi connectivity index (χ1) is 11.2. The van der Waals surface area contributed by atoms with E-state index in [9.17, 15) is 9.59 Å². The van der Waals surface area contributed by atoms with Crippen LogP contribution in [0.3, 0.4) is 0 Å². The molecule has 0 aromatic carbocycles. The van der Waals surface area contributed by atoms with Crippen LogP contribution in [-0.4, -0.2) is 18.4 Å². The molecule has 3 nitrogen and oxygen atoms in total. The largest absolute Gasteiger partial charge is 0.462 e. The molecule has 3 heteroatoms. The predicted molar refractivity (Wildman–Crippen MR) is 92.0 cm³/mol. The number of hydrogen-bond acceptors (Lipinski definition) is 3. The van der Waals surface area contributed by atoms with E-state index in [4.69, 9.17) is 4.74 Å². The van der Waals surface area contributed by atoms with Gasteiger partial charge in [0.15, 0.2) is 0 Å². The summed E-state index contributed by atoms with van der Waals surface area (Å²) in [7, 11) is 0. The quantitative estimate of drug-likeness (QED) is 0.383. The number of hydrogen-bond donors (Lipinski definition) is 0. The first kappa shape index (κ1) is 18.2. The summed E-state index contributed by atoms with van der Waals surface area (Å²) in [6.07, 6.45) is 16.6. The summed E-state index contributed by atoms with van der Waals surface area (Å²) in [6.45, 7) is 2.25. The topological polar surface area (TPSA) is 43.4 Å². The van der Waals surface area contributed by atoms with Gasteiger partial charge in [0, 0.05) is 0 Å². The molecule has 0 amide bonds. The number of allylic oxidation sites excluding steroid dienone is 2. The van der Waals surface area contributed by atoms with E-state index in [1.54, 1.807) is 6.08 Å². The number of ether oxygens (including phenoxy) is 1. The first-order valence-corrected chi connectivity index (χ1v) is 9.53. The van der Waals surface area contributed by atoms with Gasteiger partial charge in [-0.3, -0.25) is 9.59 Å². The number of esters is 1. The van der Waals surface area contributed by atoms with Crippen molar-refractivity contribution in [3.63, 3.8) is 0 Å². The van der Waals surface area contributed by atoms with E-state index in [1.165, 1.54) is 19.3 Å². The highest BCUT2D eigenvalue weighted by Gasteiger charge is 2.30. The van der Waals surface area contributed by atoms with Crippen LogP contribution in [0.4, 0.5) is 0 Å². The summed E-state index contributed by atoms with van der Waals surface area (Å²) in [6, 6.07) is 0. The summed E-state index contributed by atoms with van der Waals surface area (Å²) < 4.78 is 5.79. The van der Waals surface area contributed by atoms with Gasteiger partial charge in [-0.2, -0.15) is 0 Å². The monoisotopic (exact) mass is 320 g/mol. The standard InChI is InChI=1S/C20H32O3/c1-2-16-7-11-18(12-8-16)20(22)23-19-13-9-17(10-14-19)6-4-3-5-15-21/h3,5,15-19H,2,4,6-14H2,1H3. The average molecular weight is 320 g/mol. The molecule has 2 saturated carbocycles. The van der Waals surface area contributed by atoms with Gasteiger partial charge in [-0.05, 0) is 82.1 Å². The van der Waals surface area contributed by atoms with E-state index in [2.05, 4.69) is 6.92 Å². The third kappa shape index (κ3) is 6.12. The summed E-state index contributed by atoms with van der Waals surface area (Å²) in [5, 5.41) is 0. The lowest BCUT2D eigenvalue weighted by atomic mass is 9.80. The zero-order valence-corrected chi connectivity index (χ0v) is 14.5. The molecule has 2 fully saturated rings. The fraction of sp³-hybridized carbons (Fsp3) is 0.800. The lowest BCUT2D eigenvalue weighted by Gasteiger charge is -2.31. The fourth-order valence-corrected chi connectivity index (χ4v) is 4.09. The molecular formula is C20H32O3. The van der Waals surface area contributed by atoms with Crippen LogP contribution >= 0.6 is 0 Å². The maximum absolute atomic E-state index is 12.3. The number of carbonyl (C=O) groups excluding carboxylic acids is 2. The maximum atomic E-state index is 12.3. The van der Waals surface area contributed by atoms with Crippen LogP contribution in [0.25, 0.3) is 0 Å². The Balaban J connectivity index is 1.63. The molecule has 0 spiro atoms. The molecule has 0 radical (unpaired) electrons. The third-order valence-electron chi connectivity index (χ3n) is 5.79. The van der Waals surface area contributed by atoms with Crippen LogP contribution in [0, 0.1) is 17.8 Å². The van der Waals surface area contributed by atoms with Gasteiger partial charge in [-0.25, -0.2) is 0 Å². The second kappa shape index (κ2) is 9.89. The molecule has 0 saturated heterocycles. The van der Waals surface area contributed by atoms with E-state index in [0.717, 1.165) is 69.5 Å². The molecule has 0 atom stereocenters. The van der Waals surface area contributed by atoms with Crippen molar-refractivity contribution in [2.75, 3.05) is 0 Å². The lowest BCUT2D eigenvalue weighted by molar-refractivity contribution is -0.157. The number of carbonyl (C=O) groups is 2. The van der Waals surface area contributed by atoms with Crippen molar-refractivity contribution in [3.05, 3.63) is 12.2 Å². The summed E-state index contributed by atoms with van der Waals surface area (Å²) >= 11 is 0. The second-order valence-corrected chi connectivity index (χ2v) is 7.35. The molecule has 0 unspecified atom stereocenters. The van der Waals surface area contributed by atoms with Gasteiger partial charge in [0.2, 0.25) is 0 Å². The highest BCUT2D eigenvalue weighted by molar-refractivity contribution is 5.72. The Morgan fingerprint density at radius 1 is 1.00 bits per heavy atom. The molecule has 2 rings (SSSR count). The van der Waals surface area contributed by atoms with E-state index in [-0.39, 0.29) is 18.0 Å². The molecule has 0 aromatic rings. The van der Waals surface area contributed by atoms with Crippen LogP contribution in [-0.2, 0) is 14.3 Å². The van der Waals surface area contributed by atoms with Gasteiger partial charge in [0.05, 0.1) is 5.92 Å². The normalized spacial score (nSPS) is 31.9. The van der Waals surface area contributed by atoms with E-state index in [1.807, 2.05) is 6.08 Å². The summed E-state index contributed by atoms with van der Waals surface area (Å²) in [5.41, 5.74) is 0. The van der Waals surface area contributed by atoms with Crippen molar-refractivity contribution in [1.82, 2.24) is 0 Å². The van der Waals surface area contributed by atoms with Crippen molar-refractivity contribution >= 4 is 12.3 Å². The molecular weight excluding hydrogens is 288 g/mol. The Hall–Kier alpha value is -1.12. The molecule has 0 aromatic heterocycles. The molecule has 0 aliphatic heterocycles.